The Bertz CT molecular complexity index is 501. The fraction of sp³-hybridized carbons (Fsp3) is 0.588. The van der Waals surface area contributed by atoms with E-state index in [1.165, 1.54) is 5.56 Å². The molecule has 0 aliphatic carbocycles. The standard InChI is InChI=1S/C17H26N2O2/c1-13(2)14-5-4-6-15(9-14)21-10-16(20)19-8-7-17(3,11-18)12-19/h4-6,9,13H,7-8,10-12,18H2,1-3H3. The van der Waals surface area contributed by atoms with Crippen molar-refractivity contribution in [2.45, 2.75) is 33.1 Å². The van der Waals surface area contributed by atoms with Gasteiger partial charge in [-0.3, -0.25) is 4.79 Å². The topological polar surface area (TPSA) is 55.6 Å². The highest BCUT2D eigenvalue weighted by molar-refractivity contribution is 5.78. The number of ether oxygens (including phenoxy) is 1. The number of nitrogens with two attached hydrogens (primary N) is 1. The first-order valence-electron chi connectivity index (χ1n) is 7.64. The largest absolute Gasteiger partial charge is 0.484 e. The molecule has 0 radical (unpaired) electrons. The lowest BCUT2D eigenvalue weighted by Crippen LogP contribution is -2.36. The van der Waals surface area contributed by atoms with Crippen LogP contribution >= 0.6 is 0 Å². The lowest BCUT2D eigenvalue weighted by Gasteiger charge is -2.22. The number of hydrogen-bond donors (Lipinski definition) is 1. The number of amides is 1. The zero-order valence-corrected chi connectivity index (χ0v) is 13.3. The van der Waals surface area contributed by atoms with Gasteiger partial charge < -0.3 is 15.4 Å². The number of rotatable bonds is 5. The number of nitrogens with zero attached hydrogens (tertiary/aromatic N) is 1. The zero-order valence-electron chi connectivity index (χ0n) is 13.3. The van der Waals surface area contributed by atoms with Gasteiger partial charge >= 0.3 is 0 Å². The minimum atomic E-state index is 0.0436. The number of carbonyl (C=O) groups is 1. The predicted octanol–water partition coefficient (Wildman–Crippen LogP) is 2.39. The molecular formula is C17H26N2O2. The second-order valence-electron chi connectivity index (χ2n) is 6.60. The molecule has 1 aliphatic heterocycles. The molecule has 21 heavy (non-hydrogen) atoms. The van der Waals surface area contributed by atoms with Crippen LogP contribution in [0.2, 0.25) is 0 Å². The Labute approximate surface area is 127 Å². The lowest BCUT2D eigenvalue weighted by atomic mass is 9.90. The molecule has 1 aromatic carbocycles. The third kappa shape index (κ3) is 3.97. The molecule has 0 aromatic heterocycles. The van der Waals surface area contributed by atoms with Crippen LogP contribution in [0.15, 0.2) is 24.3 Å². The summed E-state index contributed by atoms with van der Waals surface area (Å²) in [7, 11) is 0. The zero-order chi connectivity index (χ0) is 15.5. The van der Waals surface area contributed by atoms with E-state index in [1.54, 1.807) is 0 Å². The van der Waals surface area contributed by atoms with Gasteiger partial charge in [-0.25, -0.2) is 0 Å². The van der Waals surface area contributed by atoms with Crippen molar-refractivity contribution < 1.29 is 9.53 Å². The van der Waals surface area contributed by atoms with Gasteiger partial charge in [0.1, 0.15) is 5.75 Å². The third-order valence-corrected chi connectivity index (χ3v) is 4.29. The summed E-state index contributed by atoms with van der Waals surface area (Å²) in [6, 6.07) is 7.95. The highest BCUT2D eigenvalue weighted by Crippen LogP contribution is 2.28. The van der Waals surface area contributed by atoms with Crippen molar-refractivity contribution in [2.24, 2.45) is 11.1 Å². The molecule has 1 heterocycles. The molecule has 1 fully saturated rings. The van der Waals surface area contributed by atoms with Crippen molar-refractivity contribution in [3.05, 3.63) is 29.8 Å². The van der Waals surface area contributed by atoms with E-state index in [-0.39, 0.29) is 17.9 Å². The van der Waals surface area contributed by atoms with Crippen molar-refractivity contribution in [1.82, 2.24) is 4.90 Å². The minimum absolute atomic E-state index is 0.0436. The van der Waals surface area contributed by atoms with Crippen LogP contribution in [0, 0.1) is 5.41 Å². The molecule has 1 aromatic rings. The van der Waals surface area contributed by atoms with Gasteiger partial charge in [0.25, 0.3) is 5.91 Å². The normalized spacial score (nSPS) is 21.9. The molecule has 1 unspecified atom stereocenters. The molecule has 0 saturated carbocycles. The van der Waals surface area contributed by atoms with Crippen LogP contribution in [0.4, 0.5) is 0 Å². The molecule has 2 N–H and O–H groups in total. The van der Waals surface area contributed by atoms with Gasteiger partial charge in [0.15, 0.2) is 6.61 Å². The van der Waals surface area contributed by atoms with Crippen LogP contribution in [0.5, 0.6) is 5.75 Å². The first kappa shape index (κ1) is 15.8. The maximum absolute atomic E-state index is 12.2. The van der Waals surface area contributed by atoms with E-state index in [1.807, 2.05) is 23.1 Å². The quantitative estimate of drug-likeness (QED) is 0.906. The molecule has 0 bridgehead atoms. The van der Waals surface area contributed by atoms with Crippen LogP contribution < -0.4 is 10.5 Å². The van der Waals surface area contributed by atoms with Crippen molar-refractivity contribution >= 4 is 5.91 Å². The summed E-state index contributed by atoms with van der Waals surface area (Å²) in [5, 5.41) is 0. The second kappa shape index (κ2) is 6.48. The molecule has 4 nitrogen and oxygen atoms in total. The summed E-state index contributed by atoms with van der Waals surface area (Å²) in [6.45, 7) is 8.65. The summed E-state index contributed by atoms with van der Waals surface area (Å²) < 4.78 is 5.65. The maximum atomic E-state index is 12.2. The number of carbonyl (C=O) groups excluding carboxylic acids is 1. The summed E-state index contributed by atoms with van der Waals surface area (Å²) in [5.41, 5.74) is 7.05. The number of benzene rings is 1. The molecular weight excluding hydrogens is 264 g/mol. The van der Waals surface area contributed by atoms with E-state index < -0.39 is 0 Å². The number of hydrogen-bond acceptors (Lipinski definition) is 3. The Morgan fingerprint density at radius 2 is 2.24 bits per heavy atom. The van der Waals surface area contributed by atoms with Crippen molar-refractivity contribution in [3.63, 3.8) is 0 Å². The van der Waals surface area contributed by atoms with Gasteiger partial charge in [0.05, 0.1) is 0 Å². The molecule has 1 atom stereocenters. The Balaban J connectivity index is 1.89. The molecule has 1 amide bonds. The smallest absolute Gasteiger partial charge is 0.260 e. The summed E-state index contributed by atoms with van der Waals surface area (Å²) in [6.07, 6.45) is 0.970. The average molecular weight is 290 g/mol. The highest BCUT2D eigenvalue weighted by atomic mass is 16.5. The Hall–Kier alpha value is -1.55. The molecule has 1 saturated heterocycles. The fourth-order valence-electron chi connectivity index (χ4n) is 2.60. The van der Waals surface area contributed by atoms with E-state index in [4.69, 9.17) is 10.5 Å². The van der Waals surface area contributed by atoms with E-state index >= 15 is 0 Å². The number of likely N-dealkylation sites (tertiary alicyclic amines) is 1. The van der Waals surface area contributed by atoms with Crippen molar-refractivity contribution in [1.29, 1.82) is 0 Å². The van der Waals surface area contributed by atoms with Crippen LogP contribution in [0.1, 0.15) is 38.7 Å². The molecule has 2 rings (SSSR count). The molecule has 4 heteroatoms. The van der Waals surface area contributed by atoms with Gasteiger partial charge in [-0.05, 0) is 42.0 Å². The summed E-state index contributed by atoms with van der Waals surface area (Å²) >= 11 is 0. The van der Waals surface area contributed by atoms with Crippen LogP contribution in [-0.2, 0) is 4.79 Å². The van der Waals surface area contributed by atoms with Gasteiger partial charge in [0, 0.05) is 13.1 Å². The fourth-order valence-corrected chi connectivity index (χ4v) is 2.60. The van der Waals surface area contributed by atoms with E-state index in [9.17, 15) is 4.79 Å². The Morgan fingerprint density at radius 3 is 2.86 bits per heavy atom. The second-order valence-corrected chi connectivity index (χ2v) is 6.60. The molecule has 0 spiro atoms. The third-order valence-electron chi connectivity index (χ3n) is 4.29. The van der Waals surface area contributed by atoms with Crippen LogP contribution in [0.25, 0.3) is 0 Å². The molecule has 116 valence electrons. The SMILES string of the molecule is CC(C)c1cccc(OCC(=O)N2CCC(C)(CN)C2)c1. The van der Waals surface area contributed by atoms with Gasteiger partial charge in [0.2, 0.25) is 0 Å². The molecule has 1 aliphatic rings. The summed E-state index contributed by atoms with van der Waals surface area (Å²) in [5.74, 6) is 1.26. The Morgan fingerprint density at radius 1 is 1.48 bits per heavy atom. The highest BCUT2D eigenvalue weighted by Gasteiger charge is 2.34. The van der Waals surface area contributed by atoms with Crippen molar-refractivity contribution in [3.8, 4) is 5.75 Å². The maximum Gasteiger partial charge on any atom is 0.260 e. The monoisotopic (exact) mass is 290 g/mol. The van der Waals surface area contributed by atoms with E-state index in [0.717, 1.165) is 25.3 Å². The average Bonchev–Trinajstić information content (AvgIpc) is 2.88. The van der Waals surface area contributed by atoms with Crippen molar-refractivity contribution in [2.75, 3.05) is 26.2 Å². The Kier molecular flexibility index (Phi) is 4.88. The lowest BCUT2D eigenvalue weighted by molar-refractivity contribution is -0.132. The first-order valence-corrected chi connectivity index (χ1v) is 7.64. The van der Waals surface area contributed by atoms with Gasteiger partial charge in [-0.2, -0.15) is 0 Å². The van der Waals surface area contributed by atoms with Gasteiger partial charge in [-0.15, -0.1) is 0 Å². The van der Waals surface area contributed by atoms with E-state index in [2.05, 4.69) is 26.8 Å². The first-order chi connectivity index (χ1) is 9.93. The van der Waals surface area contributed by atoms with Crippen LogP contribution in [0.3, 0.4) is 0 Å². The minimum Gasteiger partial charge on any atom is -0.484 e. The van der Waals surface area contributed by atoms with E-state index in [0.29, 0.717) is 12.5 Å². The van der Waals surface area contributed by atoms with Crippen LogP contribution in [-0.4, -0.2) is 37.0 Å². The summed E-state index contributed by atoms with van der Waals surface area (Å²) in [4.78, 5) is 14.1. The van der Waals surface area contributed by atoms with Gasteiger partial charge in [-0.1, -0.05) is 32.9 Å². The predicted molar refractivity (Wildman–Crippen MR) is 84.4 cm³/mol.